The summed E-state index contributed by atoms with van der Waals surface area (Å²) in [5, 5.41) is 7.20. The van der Waals surface area contributed by atoms with E-state index in [-0.39, 0.29) is 18.2 Å². The highest BCUT2D eigenvalue weighted by atomic mass is 35.5. The van der Waals surface area contributed by atoms with E-state index < -0.39 is 10.0 Å². The first-order valence-electron chi connectivity index (χ1n) is 4.29. The van der Waals surface area contributed by atoms with E-state index in [0.29, 0.717) is 18.7 Å². The van der Waals surface area contributed by atoms with Gasteiger partial charge in [0.15, 0.2) is 0 Å². The van der Waals surface area contributed by atoms with Crippen molar-refractivity contribution >= 4 is 27.5 Å². The van der Waals surface area contributed by atoms with Crippen LogP contribution in [0.2, 0.25) is 0 Å². The number of nitrogens with two attached hydrogens (primary N) is 1. The third kappa shape index (κ3) is 9.76. The second kappa shape index (κ2) is 7.03. The highest BCUT2D eigenvalue weighted by Crippen LogP contribution is 1.96. The number of nitrogens with one attached hydrogen (secondary N) is 1. The number of amides is 1. The predicted octanol–water partition coefficient (Wildman–Crippen LogP) is -0.200. The van der Waals surface area contributed by atoms with E-state index in [1.54, 1.807) is 0 Å². The van der Waals surface area contributed by atoms with Crippen molar-refractivity contribution in [3.05, 3.63) is 0 Å². The van der Waals surface area contributed by atoms with Gasteiger partial charge in [-0.3, -0.25) is 4.79 Å². The Morgan fingerprint density at radius 2 is 2.00 bits per heavy atom. The zero-order chi connectivity index (χ0) is 11.0. The molecular formula is C7H15ClN2O3S. The van der Waals surface area contributed by atoms with Gasteiger partial charge in [0.2, 0.25) is 15.9 Å². The van der Waals surface area contributed by atoms with Gasteiger partial charge in [0.25, 0.3) is 0 Å². The Morgan fingerprint density at radius 1 is 1.36 bits per heavy atom. The fourth-order valence-corrected chi connectivity index (χ4v) is 1.38. The van der Waals surface area contributed by atoms with Gasteiger partial charge in [-0.1, -0.05) is 0 Å². The Bertz CT molecular complexity index is 266. The van der Waals surface area contributed by atoms with Gasteiger partial charge in [-0.15, -0.1) is 11.6 Å². The molecule has 0 unspecified atom stereocenters. The first-order valence-corrected chi connectivity index (χ1v) is 6.54. The summed E-state index contributed by atoms with van der Waals surface area (Å²) >= 11 is 5.42. The molecule has 0 saturated heterocycles. The minimum atomic E-state index is -3.48. The molecule has 0 aromatic carbocycles. The standard InChI is InChI=1S/C7H15ClN2O3S/c8-4-2-1-3-7(11)10-5-6-14(9,12)13/h1-6H2,(H,10,11)(H2,9,12,13). The lowest BCUT2D eigenvalue weighted by Gasteiger charge is -2.03. The summed E-state index contributed by atoms with van der Waals surface area (Å²) in [7, 11) is -3.48. The smallest absolute Gasteiger partial charge is 0.220 e. The van der Waals surface area contributed by atoms with Crippen molar-refractivity contribution in [2.75, 3.05) is 18.2 Å². The van der Waals surface area contributed by atoms with Crippen LogP contribution in [0.25, 0.3) is 0 Å². The maximum atomic E-state index is 11.0. The number of alkyl halides is 1. The number of carbonyl (C=O) groups excluding carboxylic acids is 1. The molecule has 0 heterocycles. The zero-order valence-electron chi connectivity index (χ0n) is 7.83. The van der Waals surface area contributed by atoms with Crippen molar-refractivity contribution in [1.29, 1.82) is 0 Å². The largest absolute Gasteiger partial charge is 0.355 e. The summed E-state index contributed by atoms with van der Waals surface area (Å²) in [4.78, 5) is 11.0. The van der Waals surface area contributed by atoms with Gasteiger partial charge < -0.3 is 5.32 Å². The molecule has 0 aliphatic heterocycles. The lowest BCUT2D eigenvalue weighted by Crippen LogP contribution is -2.31. The summed E-state index contributed by atoms with van der Waals surface area (Å²) < 4.78 is 21.0. The van der Waals surface area contributed by atoms with E-state index in [1.165, 1.54) is 0 Å². The lowest BCUT2D eigenvalue weighted by atomic mass is 10.2. The Morgan fingerprint density at radius 3 is 2.50 bits per heavy atom. The van der Waals surface area contributed by atoms with E-state index in [1.807, 2.05) is 0 Å². The average Bonchev–Trinajstić information content (AvgIpc) is 2.02. The number of primary sulfonamides is 1. The lowest BCUT2D eigenvalue weighted by molar-refractivity contribution is -0.121. The Labute approximate surface area is 89.0 Å². The quantitative estimate of drug-likeness (QED) is 0.479. The fourth-order valence-electron chi connectivity index (χ4n) is 0.801. The minimum absolute atomic E-state index is 0.0680. The first kappa shape index (κ1) is 13.7. The Kier molecular flexibility index (Phi) is 6.86. The van der Waals surface area contributed by atoms with Crippen LogP contribution in [0.15, 0.2) is 0 Å². The molecule has 84 valence electrons. The minimum Gasteiger partial charge on any atom is -0.355 e. The molecule has 0 radical (unpaired) electrons. The molecule has 0 fully saturated rings. The fraction of sp³-hybridized carbons (Fsp3) is 0.857. The number of sulfonamides is 1. The van der Waals surface area contributed by atoms with Crippen LogP contribution in [0, 0.1) is 0 Å². The first-order chi connectivity index (χ1) is 6.45. The monoisotopic (exact) mass is 242 g/mol. The predicted molar refractivity (Wildman–Crippen MR) is 55.6 cm³/mol. The Balaban J connectivity index is 3.45. The molecule has 14 heavy (non-hydrogen) atoms. The molecule has 7 heteroatoms. The molecule has 0 aliphatic carbocycles. The topological polar surface area (TPSA) is 89.3 Å². The number of hydrogen-bond acceptors (Lipinski definition) is 3. The number of hydrogen-bond donors (Lipinski definition) is 2. The highest BCUT2D eigenvalue weighted by molar-refractivity contribution is 7.89. The SMILES string of the molecule is NS(=O)(=O)CCNC(=O)CCCCCl. The van der Waals surface area contributed by atoms with E-state index >= 15 is 0 Å². The molecular weight excluding hydrogens is 228 g/mol. The summed E-state index contributed by atoms with van der Waals surface area (Å²) in [5.41, 5.74) is 0. The van der Waals surface area contributed by atoms with E-state index in [9.17, 15) is 13.2 Å². The molecule has 0 aliphatic rings. The third-order valence-electron chi connectivity index (χ3n) is 1.50. The van der Waals surface area contributed by atoms with Crippen LogP contribution in [0.1, 0.15) is 19.3 Å². The molecule has 5 nitrogen and oxygen atoms in total. The number of unbranched alkanes of at least 4 members (excludes halogenated alkanes) is 1. The highest BCUT2D eigenvalue weighted by Gasteiger charge is 2.04. The van der Waals surface area contributed by atoms with Crippen LogP contribution in [0.4, 0.5) is 0 Å². The maximum absolute atomic E-state index is 11.0. The van der Waals surface area contributed by atoms with Gasteiger partial charge in [-0.05, 0) is 12.8 Å². The summed E-state index contributed by atoms with van der Waals surface area (Å²) in [6, 6.07) is 0. The van der Waals surface area contributed by atoms with Crippen LogP contribution in [-0.2, 0) is 14.8 Å². The van der Waals surface area contributed by atoms with Crippen molar-refractivity contribution < 1.29 is 13.2 Å². The van der Waals surface area contributed by atoms with Gasteiger partial charge in [-0.25, -0.2) is 13.6 Å². The summed E-state index contributed by atoms with van der Waals surface area (Å²) in [6.45, 7) is 0.0680. The van der Waals surface area contributed by atoms with Crippen molar-refractivity contribution in [3.8, 4) is 0 Å². The molecule has 0 saturated carbocycles. The number of halogens is 1. The van der Waals surface area contributed by atoms with Gasteiger partial charge >= 0.3 is 0 Å². The zero-order valence-corrected chi connectivity index (χ0v) is 9.40. The van der Waals surface area contributed by atoms with Crippen LogP contribution >= 0.6 is 11.6 Å². The maximum Gasteiger partial charge on any atom is 0.220 e. The second-order valence-corrected chi connectivity index (χ2v) is 4.97. The second-order valence-electron chi connectivity index (χ2n) is 2.86. The van der Waals surface area contributed by atoms with E-state index in [2.05, 4.69) is 5.32 Å². The van der Waals surface area contributed by atoms with Crippen LogP contribution < -0.4 is 10.5 Å². The molecule has 1 amide bonds. The molecule has 0 rings (SSSR count). The van der Waals surface area contributed by atoms with Crippen molar-refractivity contribution in [2.45, 2.75) is 19.3 Å². The third-order valence-corrected chi connectivity index (χ3v) is 2.54. The normalized spacial score (nSPS) is 11.3. The molecule has 0 bridgehead atoms. The molecule has 0 spiro atoms. The van der Waals surface area contributed by atoms with Crippen LogP contribution in [0.3, 0.4) is 0 Å². The van der Waals surface area contributed by atoms with Crippen molar-refractivity contribution in [3.63, 3.8) is 0 Å². The van der Waals surface area contributed by atoms with E-state index in [4.69, 9.17) is 16.7 Å². The van der Waals surface area contributed by atoms with Gasteiger partial charge in [-0.2, -0.15) is 0 Å². The molecule has 3 N–H and O–H groups in total. The van der Waals surface area contributed by atoms with Crippen molar-refractivity contribution in [1.82, 2.24) is 5.32 Å². The number of rotatable bonds is 7. The van der Waals surface area contributed by atoms with Crippen LogP contribution in [0.5, 0.6) is 0 Å². The molecule has 0 aromatic rings. The van der Waals surface area contributed by atoms with Gasteiger partial charge in [0.05, 0.1) is 5.75 Å². The van der Waals surface area contributed by atoms with Crippen LogP contribution in [-0.4, -0.2) is 32.5 Å². The average molecular weight is 243 g/mol. The summed E-state index contributed by atoms with van der Waals surface area (Å²) in [6.07, 6.45) is 1.87. The summed E-state index contributed by atoms with van der Waals surface area (Å²) in [5.74, 6) is 0.136. The molecule has 0 atom stereocenters. The van der Waals surface area contributed by atoms with Gasteiger partial charge in [0, 0.05) is 18.8 Å². The number of carbonyl (C=O) groups is 1. The van der Waals surface area contributed by atoms with Gasteiger partial charge in [0.1, 0.15) is 0 Å². The van der Waals surface area contributed by atoms with Crippen molar-refractivity contribution in [2.24, 2.45) is 5.14 Å². The van der Waals surface area contributed by atoms with E-state index in [0.717, 1.165) is 6.42 Å². The molecule has 0 aromatic heterocycles. The Hall–Kier alpha value is -0.330.